The summed E-state index contributed by atoms with van der Waals surface area (Å²) in [5.41, 5.74) is 5.03. The van der Waals surface area contributed by atoms with E-state index in [1.54, 1.807) is 0 Å². The van der Waals surface area contributed by atoms with Crippen LogP contribution in [0.25, 0.3) is 0 Å². The molecule has 0 saturated heterocycles. The average molecular weight is 252 g/mol. The van der Waals surface area contributed by atoms with Crippen molar-refractivity contribution < 1.29 is 18.0 Å². The Morgan fingerprint density at radius 3 is 2.47 bits per heavy atom. The molecular weight excluding hydrogens is 233 g/mol. The summed E-state index contributed by atoms with van der Waals surface area (Å²) in [6.45, 7) is 2.36. The van der Waals surface area contributed by atoms with Crippen molar-refractivity contribution in [2.24, 2.45) is 17.1 Å². The molecule has 1 aliphatic rings. The minimum atomic E-state index is -4.15. The summed E-state index contributed by atoms with van der Waals surface area (Å²) in [6, 6.07) is 0. The van der Waals surface area contributed by atoms with Crippen LogP contribution in [0.2, 0.25) is 0 Å². The number of rotatable bonds is 5. The predicted molar refractivity (Wildman–Crippen MR) is 58.2 cm³/mol. The monoisotopic (exact) mass is 252 g/mol. The third kappa shape index (κ3) is 3.87. The topological polar surface area (TPSA) is 55.1 Å². The first-order chi connectivity index (χ1) is 7.79. The minimum Gasteiger partial charge on any atom is -0.356 e. The van der Waals surface area contributed by atoms with Crippen molar-refractivity contribution in [2.45, 2.75) is 38.8 Å². The quantitative estimate of drug-likeness (QED) is 0.733. The second-order valence-corrected chi connectivity index (χ2v) is 4.97. The molecule has 0 spiro atoms. The van der Waals surface area contributed by atoms with E-state index in [9.17, 15) is 18.0 Å². The fourth-order valence-corrected chi connectivity index (χ4v) is 2.40. The van der Waals surface area contributed by atoms with Gasteiger partial charge in [0.15, 0.2) is 0 Å². The van der Waals surface area contributed by atoms with Gasteiger partial charge in [-0.3, -0.25) is 4.79 Å². The summed E-state index contributed by atoms with van der Waals surface area (Å²) in [5.74, 6) is 0.278. The van der Waals surface area contributed by atoms with Crippen molar-refractivity contribution in [3.05, 3.63) is 0 Å². The van der Waals surface area contributed by atoms with Crippen LogP contribution in [0.5, 0.6) is 0 Å². The number of hydrogen-bond acceptors (Lipinski definition) is 2. The summed E-state index contributed by atoms with van der Waals surface area (Å²) in [5, 5.41) is 2.55. The van der Waals surface area contributed by atoms with Crippen LogP contribution < -0.4 is 11.1 Å². The Labute approximate surface area is 98.9 Å². The molecule has 0 aromatic heterocycles. The molecule has 1 rings (SSSR count). The first kappa shape index (κ1) is 14.3. The molecule has 6 heteroatoms. The Kier molecular flexibility index (Phi) is 4.41. The molecule has 0 unspecified atom stereocenters. The highest BCUT2D eigenvalue weighted by molar-refractivity contribution is 5.83. The SMILES string of the molecule is CC1CC(CN)(C(=O)NCCCC(F)(F)F)C1. The molecular formula is C11H19F3N2O. The molecule has 3 N–H and O–H groups in total. The molecule has 0 aromatic rings. The lowest BCUT2D eigenvalue weighted by molar-refractivity contribution is -0.141. The molecule has 0 aromatic carbocycles. The number of halogens is 3. The summed E-state index contributed by atoms with van der Waals surface area (Å²) in [4.78, 5) is 11.8. The number of carbonyl (C=O) groups is 1. The van der Waals surface area contributed by atoms with E-state index in [1.807, 2.05) is 6.92 Å². The smallest absolute Gasteiger partial charge is 0.356 e. The number of nitrogens with one attached hydrogen (secondary N) is 1. The highest BCUT2D eigenvalue weighted by Crippen LogP contribution is 2.44. The molecule has 0 radical (unpaired) electrons. The van der Waals surface area contributed by atoms with Gasteiger partial charge in [0.2, 0.25) is 5.91 Å². The van der Waals surface area contributed by atoms with E-state index in [-0.39, 0.29) is 25.4 Å². The van der Waals surface area contributed by atoms with Crippen molar-refractivity contribution in [2.75, 3.05) is 13.1 Å². The molecule has 1 amide bonds. The molecule has 1 saturated carbocycles. The lowest BCUT2D eigenvalue weighted by atomic mass is 9.62. The lowest BCUT2D eigenvalue weighted by Crippen LogP contribution is -2.53. The van der Waals surface area contributed by atoms with E-state index in [0.717, 1.165) is 12.8 Å². The first-order valence-electron chi connectivity index (χ1n) is 5.84. The van der Waals surface area contributed by atoms with Crippen LogP contribution in [0.4, 0.5) is 13.2 Å². The summed E-state index contributed by atoms with van der Waals surface area (Å²) < 4.78 is 35.6. The van der Waals surface area contributed by atoms with Crippen LogP contribution in [0.1, 0.15) is 32.6 Å². The van der Waals surface area contributed by atoms with Crippen molar-refractivity contribution in [1.82, 2.24) is 5.32 Å². The standard InChI is InChI=1S/C11H19F3N2O/c1-8-5-10(6-8,7-15)9(17)16-4-2-3-11(12,13)14/h8H,2-7,15H2,1H3,(H,16,17). The van der Waals surface area contributed by atoms with Gasteiger partial charge in [-0.1, -0.05) is 6.92 Å². The number of alkyl halides is 3. The molecule has 0 heterocycles. The van der Waals surface area contributed by atoms with Crippen molar-refractivity contribution in [1.29, 1.82) is 0 Å². The van der Waals surface area contributed by atoms with Crippen LogP contribution >= 0.6 is 0 Å². The zero-order valence-corrected chi connectivity index (χ0v) is 9.94. The van der Waals surface area contributed by atoms with Crippen molar-refractivity contribution in [3.8, 4) is 0 Å². The van der Waals surface area contributed by atoms with Gasteiger partial charge in [0.25, 0.3) is 0 Å². The van der Waals surface area contributed by atoms with Gasteiger partial charge >= 0.3 is 6.18 Å². The summed E-state index contributed by atoms with van der Waals surface area (Å²) >= 11 is 0. The largest absolute Gasteiger partial charge is 0.389 e. The highest BCUT2D eigenvalue weighted by atomic mass is 19.4. The minimum absolute atomic E-state index is 0.0640. The van der Waals surface area contributed by atoms with Gasteiger partial charge < -0.3 is 11.1 Å². The highest BCUT2D eigenvalue weighted by Gasteiger charge is 2.46. The zero-order chi connectivity index (χ0) is 13.1. The van der Waals surface area contributed by atoms with Gasteiger partial charge in [-0.05, 0) is 25.2 Å². The second-order valence-electron chi connectivity index (χ2n) is 4.97. The molecule has 0 aliphatic heterocycles. The Morgan fingerprint density at radius 2 is 2.06 bits per heavy atom. The number of nitrogens with two attached hydrogens (primary N) is 1. The fourth-order valence-electron chi connectivity index (χ4n) is 2.40. The van der Waals surface area contributed by atoms with Gasteiger partial charge in [-0.25, -0.2) is 0 Å². The predicted octanol–water partition coefficient (Wildman–Crippen LogP) is 1.82. The number of amides is 1. The van der Waals surface area contributed by atoms with Gasteiger partial charge in [0.1, 0.15) is 0 Å². The maximum Gasteiger partial charge on any atom is 0.389 e. The molecule has 17 heavy (non-hydrogen) atoms. The first-order valence-corrected chi connectivity index (χ1v) is 5.84. The van der Waals surface area contributed by atoms with Crippen LogP contribution in [0.15, 0.2) is 0 Å². The van der Waals surface area contributed by atoms with Gasteiger partial charge in [-0.15, -0.1) is 0 Å². The zero-order valence-electron chi connectivity index (χ0n) is 9.94. The van der Waals surface area contributed by atoms with E-state index in [2.05, 4.69) is 5.32 Å². The van der Waals surface area contributed by atoms with E-state index >= 15 is 0 Å². The van der Waals surface area contributed by atoms with Crippen LogP contribution in [0, 0.1) is 11.3 Å². The Morgan fingerprint density at radius 1 is 1.47 bits per heavy atom. The summed E-state index contributed by atoms with van der Waals surface area (Å²) in [7, 11) is 0. The van der Waals surface area contributed by atoms with Crippen LogP contribution in [-0.4, -0.2) is 25.2 Å². The van der Waals surface area contributed by atoms with Gasteiger partial charge in [0, 0.05) is 19.5 Å². The van der Waals surface area contributed by atoms with Crippen molar-refractivity contribution >= 4 is 5.91 Å². The Hall–Kier alpha value is -0.780. The lowest BCUT2D eigenvalue weighted by Gasteiger charge is -2.44. The van der Waals surface area contributed by atoms with Gasteiger partial charge in [-0.2, -0.15) is 13.2 Å². The molecule has 0 bridgehead atoms. The average Bonchev–Trinajstić information content (AvgIpc) is 2.17. The maximum absolute atomic E-state index is 11.9. The van der Waals surface area contributed by atoms with E-state index < -0.39 is 18.0 Å². The Balaban J connectivity index is 2.25. The molecule has 100 valence electrons. The second kappa shape index (κ2) is 5.25. The van der Waals surface area contributed by atoms with Gasteiger partial charge in [0.05, 0.1) is 5.41 Å². The molecule has 1 fully saturated rings. The van der Waals surface area contributed by atoms with E-state index in [4.69, 9.17) is 5.73 Å². The third-order valence-electron chi connectivity index (χ3n) is 3.27. The number of carbonyl (C=O) groups excluding carboxylic acids is 1. The number of hydrogen-bond donors (Lipinski definition) is 2. The molecule has 1 aliphatic carbocycles. The maximum atomic E-state index is 11.9. The molecule has 0 atom stereocenters. The van der Waals surface area contributed by atoms with Crippen LogP contribution in [-0.2, 0) is 4.79 Å². The summed E-state index contributed by atoms with van der Waals surface area (Å²) in [6.07, 6.45) is -3.63. The fraction of sp³-hybridized carbons (Fsp3) is 0.909. The van der Waals surface area contributed by atoms with E-state index in [0.29, 0.717) is 5.92 Å². The van der Waals surface area contributed by atoms with Crippen LogP contribution in [0.3, 0.4) is 0 Å². The molecule has 3 nitrogen and oxygen atoms in total. The third-order valence-corrected chi connectivity index (χ3v) is 3.27. The van der Waals surface area contributed by atoms with E-state index in [1.165, 1.54) is 0 Å². The Bertz CT molecular complexity index is 272. The van der Waals surface area contributed by atoms with Crippen molar-refractivity contribution in [3.63, 3.8) is 0 Å². The normalized spacial score (nSPS) is 28.6.